The van der Waals surface area contributed by atoms with Crippen molar-refractivity contribution in [1.82, 2.24) is 10.3 Å². The molecule has 1 fully saturated rings. The van der Waals surface area contributed by atoms with Crippen LogP contribution in [0.15, 0.2) is 0 Å². The van der Waals surface area contributed by atoms with Crippen molar-refractivity contribution in [1.29, 1.82) is 0 Å². The Morgan fingerprint density at radius 2 is 2.43 bits per heavy atom. The molecule has 1 amide bonds. The van der Waals surface area contributed by atoms with Crippen LogP contribution in [0.25, 0.3) is 0 Å². The van der Waals surface area contributed by atoms with Crippen LogP contribution in [0.5, 0.6) is 0 Å². The molecular weight excluding hydrogens is 290 g/mol. The minimum Gasteiger partial charge on any atom is -0.383 e. The van der Waals surface area contributed by atoms with E-state index in [1.807, 2.05) is 6.92 Å². The highest BCUT2D eigenvalue weighted by Gasteiger charge is 2.23. The summed E-state index contributed by atoms with van der Waals surface area (Å²) in [5, 5.41) is 3.62. The molecule has 0 spiro atoms. The van der Waals surface area contributed by atoms with Gasteiger partial charge in [0.15, 0.2) is 5.13 Å². The second kappa shape index (κ2) is 7.06. The number of carbonyl (C=O) groups is 1. The molecule has 0 aromatic carbocycles. The Morgan fingerprint density at radius 3 is 3.10 bits per heavy atom. The molecule has 21 heavy (non-hydrogen) atoms. The normalized spacial score (nSPS) is 20.3. The number of rotatable bonds is 5. The number of hydrogen-bond acceptors (Lipinski definition) is 7. The number of nitrogen functional groups attached to an aromatic ring is 1. The molecule has 2 heterocycles. The minimum atomic E-state index is -0.206. The van der Waals surface area contributed by atoms with Crippen molar-refractivity contribution < 1.29 is 9.53 Å². The summed E-state index contributed by atoms with van der Waals surface area (Å²) in [5.41, 5.74) is 11.9. The van der Waals surface area contributed by atoms with Gasteiger partial charge in [-0.05, 0) is 19.8 Å². The van der Waals surface area contributed by atoms with E-state index < -0.39 is 0 Å². The summed E-state index contributed by atoms with van der Waals surface area (Å²) in [4.78, 5) is 19.1. The molecule has 2 unspecified atom stereocenters. The number of thiazole rings is 1. The number of amides is 1. The van der Waals surface area contributed by atoms with Crippen molar-refractivity contribution in [3.8, 4) is 0 Å². The zero-order valence-electron chi connectivity index (χ0n) is 12.5. The Balaban J connectivity index is 2.06. The number of ether oxygens (including phenoxy) is 1. The Hall–Kier alpha value is -1.38. The monoisotopic (exact) mass is 313 g/mol. The van der Waals surface area contributed by atoms with E-state index in [2.05, 4.69) is 15.2 Å². The molecule has 5 N–H and O–H groups in total. The largest absolute Gasteiger partial charge is 0.383 e. The van der Waals surface area contributed by atoms with Gasteiger partial charge in [0.25, 0.3) is 5.91 Å². The van der Waals surface area contributed by atoms with Crippen LogP contribution in [0.3, 0.4) is 0 Å². The molecule has 1 aliphatic rings. The Bertz CT molecular complexity index is 493. The van der Waals surface area contributed by atoms with Crippen molar-refractivity contribution in [2.45, 2.75) is 31.8 Å². The predicted molar refractivity (Wildman–Crippen MR) is 84.8 cm³/mol. The molecular formula is C13H23N5O2S. The fourth-order valence-electron chi connectivity index (χ4n) is 2.38. The Kier molecular flexibility index (Phi) is 5.38. The summed E-state index contributed by atoms with van der Waals surface area (Å²) in [7, 11) is 1.60. The van der Waals surface area contributed by atoms with Crippen molar-refractivity contribution in [3.05, 3.63) is 4.88 Å². The molecule has 1 aliphatic heterocycles. The first-order valence-corrected chi connectivity index (χ1v) is 7.89. The van der Waals surface area contributed by atoms with Gasteiger partial charge >= 0.3 is 0 Å². The molecule has 0 bridgehead atoms. The van der Waals surface area contributed by atoms with E-state index >= 15 is 0 Å². The Labute approximate surface area is 128 Å². The highest BCUT2D eigenvalue weighted by molar-refractivity contribution is 7.18. The van der Waals surface area contributed by atoms with Crippen LogP contribution in [0.1, 0.15) is 29.4 Å². The van der Waals surface area contributed by atoms with Crippen molar-refractivity contribution >= 4 is 28.2 Å². The van der Waals surface area contributed by atoms with E-state index in [4.69, 9.17) is 16.2 Å². The van der Waals surface area contributed by atoms with E-state index in [1.54, 1.807) is 7.11 Å². The van der Waals surface area contributed by atoms with E-state index in [9.17, 15) is 4.79 Å². The smallest absolute Gasteiger partial charge is 0.265 e. The first-order valence-electron chi connectivity index (χ1n) is 7.08. The summed E-state index contributed by atoms with van der Waals surface area (Å²) in [6, 6.07) is 0.0822. The maximum absolute atomic E-state index is 12.2. The third-order valence-corrected chi connectivity index (χ3v) is 4.50. The molecule has 1 aromatic rings. The summed E-state index contributed by atoms with van der Waals surface area (Å²) in [6.45, 7) is 4.00. The summed E-state index contributed by atoms with van der Waals surface area (Å²) < 4.78 is 5.00. The van der Waals surface area contributed by atoms with Gasteiger partial charge in [0.2, 0.25) is 0 Å². The van der Waals surface area contributed by atoms with Crippen LogP contribution in [0.2, 0.25) is 0 Å². The van der Waals surface area contributed by atoms with Crippen LogP contribution in [0, 0.1) is 0 Å². The van der Waals surface area contributed by atoms with E-state index in [-0.39, 0.29) is 23.8 Å². The number of piperidine rings is 1. The van der Waals surface area contributed by atoms with Gasteiger partial charge in [-0.25, -0.2) is 4.98 Å². The molecule has 0 radical (unpaired) electrons. The summed E-state index contributed by atoms with van der Waals surface area (Å²) in [6.07, 6.45) is 2.06. The number of nitrogens with one attached hydrogen (secondary N) is 1. The molecule has 1 aromatic heterocycles. The van der Waals surface area contributed by atoms with Gasteiger partial charge in [-0.15, -0.1) is 0 Å². The highest BCUT2D eigenvalue weighted by Crippen LogP contribution is 2.29. The van der Waals surface area contributed by atoms with Gasteiger partial charge < -0.3 is 26.4 Å². The van der Waals surface area contributed by atoms with Gasteiger partial charge in [0.05, 0.1) is 6.61 Å². The van der Waals surface area contributed by atoms with Crippen LogP contribution < -0.4 is 21.7 Å². The average molecular weight is 313 g/mol. The van der Waals surface area contributed by atoms with Gasteiger partial charge in [0, 0.05) is 32.3 Å². The van der Waals surface area contributed by atoms with Crippen molar-refractivity contribution in [2.24, 2.45) is 5.73 Å². The molecule has 2 rings (SSSR count). The minimum absolute atomic E-state index is 0.0733. The maximum atomic E-state index is 12.2. The van der Waals surface area contributed by atoms with E-state index in [0.29, 0.717) is 11.5 Å². The van der Waals surface area contributed by atoms with Gasteiger partial charge in [-0.3, -0.25) is 4.79 Å². The third-order valence-electron chi connectivity index (χ3n) is 3.37. The van der Waals surface area contributed by atoms with Gasteiger partial charge in [-0.1, -0.05) is 11.3 Å². The molecule has 0 saturated carbocycles. The quantitative estimate of drug-likeness (QED) is 0.727. The predicted octanol–water partition coefficient (Wildman–Crippen LogP) is 0.418. The third kappa shape index (κ3) is 4.05. The molecule has 8 heteroatoms. The lowest BCUT2D eigenvalue weighted by Crippen LogP contribution is -2.42. The number of aromatic nitrogens is 1. The lowest BCUT2D eigenvalue weighted by atomic mass is 10.1. The van der Waals surface area contributed by atoms with Crippen LogP contribution >= 0.6 is 11.3 Å². The van der Waals surface area contributed by atoms with Crippen molar-refractivity contribution in [3.63, 3.8) is 0 Å². The molecule has 0 aliphatic carbocycles. The Morgan fingerprint density at radius 1 is 1.67 bits per heavy atom. The first-order chi connectivity index (χ1) is 10.0. The summed E-state index contributed by atoms with van der Waals surface area (Å²) >= 11 is 1.32. The van der Waals surface area contributed by atoms with E-state index in [1.165, 1.54) is 11.3 Å². The fourth-order valence-corrected chi connectivity index (χ4v) is 3.31. The lowest BCUT2D eigenvalue weighted by molar-refractivity contribution is 0.0910. The molecule has 2 atom stereocenters. The second-order valence-corrected chi connectivity index (χ2v) is 6.37. The number of nitrogens with two attached hydrogens (primary N) is 2. The number of methoxy groups -OCH3 is 1. The average Bonchev–Trinajstić information content (AvgIpc) is 2.81. The standard InChI is InChI=1S/C13H23N5O2S/c1-8(7-20-2)16-12(19)10-11(15)17-13(21-10)18-5-3-4-9(14)6-18/h8-9H,3-7,14-15H2,1-2H3,(H,16,19). The zero-order chi connectivity index (χ0) is 15.4. The molecule has 118 valence electrons. The van der Waals surface area contributed by atoms with Crippen molar-refractivity contribution in [2.75, 3.05) is 37.4 Å². The first kappa shape index (κ1) is 16.0. The van der Waals surface area contributed by atoms with Gasteiger partial charge in [0.1, 0.15) is 10.7 Å². The number of nitrogens with zero attached hydrogens (tertiary/aromatic N) is 2. The van der Waals surface area contributed by atoms with Crippen LogP contribution in [-0.4, -0.2) is 49.8 Å². The topological polar surface area (TPSA) is 106 Å². The van der Waals surface area contributed by atoms with Gasteiger partial charge in [-0.2, -0.15) is 0 Å². The molecule has 7 nitrogen and oxygen atoms in total. The molecule has 1 saturated heterocycles. The van der Waals surface area contributed by atoms with Crippen LogP contribution in [-0.2, 0) is 4.74 Å². The van der Waals surface area contributed by atoms with Crippen LogP contribution in [0.4, 0.5) is 10.9 Å². The maximum Gasteiger partial charge on any atom is 0.265 e. The number of carbonyl (C=O) groups excluding carboxylic acids is 1. The fraction of sp³-hybridized carbons (Fsp3) is 0.692. The van der Waals surface area contributed by atoms with E-state index in [0.717, 1.165) is 31.1 Å². The number of anilines is 2. The lowest BCUT2D eigenvalue weighted by Gasteiger charge is -2.30. The summed E-state index contributed by atoms with van der Waals surface area (Å²) in [5.74, 6) is 0.0679. The number of hydrogen-bond donors (Lipinski definition) is 3. The SMILES string of the molecule is COCC(C)NC(=O)c1sc(N2CCCC(N)C2)nc1N. The second-order valence-electron chi connectivity index (χ2n) is 5.39. The highest BCUT2D eigenvalue weighted by atomic mass is 32.1. The zero-order valence-corrected chi connectivity index (χ0v) is 13.3.